The highest BCUT2D eigenvalue weighted by atomic mass is 79.9. The second-order valence-electron chi connectivity index (χ2n) is 2.28. The first-order valence-electron chi connectivity index (χ1n) is 3.34. The fourth-order valence-corrected chi connectivity index (χ4v) is 1.46. The Morgan fingerprint density at radius 1 is 1.75 bits per heavy atom. The number of aliphatic hydroxyl groups is 1. The first-order chi connectivity index (χ1) is 5.65. The predicted octanol–water partition coefficient (Wildman–Crippen LogP) is 1.49. The predicted molar refractivity (Wildman–Crippen MR) is 51.0 cm³/mol. The van der Waals surface area contributed by atoms with E-state index in [0.29, 0.717) is 15.2 Å². The number of hydrogen-bond acceptors (Lipinski definition) is 3. The summed E-state index contributed by atoms with van der Waals surface area (Å²) in [6.07, 6.45) is 0.844. The molecule has 1 aromatic rings. The van der Waals surface area contributed by atoms with Crippen LogP contribution in [-0.2, 0) is 0 Å². The highest BCUT2D eigenvalue weighted by Crippen LogP contribution is 2.24. The van der Waals surface area contributed by atoms with Crippen molar-refractivity contribution >= 4 is 27.5 Å². The summed E-state index contributed by atoms with van der Waals surface area (Å²) < 4.78 is 0.713. The first kappa shape index (κ1) is 9.92. The molecule has 0 saturated heterocycles. The van der Waals surface area contributed by atoms with Gasteiger partial charge in [-0.2, -0.15) is 0 Å². The van der Waals surface area contributed by atoms with Crippen molar-refractivity contribution < 1.29 is 5.11 Å². The van der Waals surface area contributed by atoms with Crippen LogP contribution in [-0.4, -0.2) is 16.6 Å². The number of pyridine rings is 1. The van der Waals surface area contributed by atoms with Gasteiger partial charge in [-0.15, -0.1) is 0 Å². The van der Waals surface area contributed by atoms with Crippen LogP contribution < -0.4 is 5.73 Å². The fourth-order valence-electron chi connectivity index (χ4n) is 0.810. The lowest BCUT2D eigenvalue weighted by molar-refractivity contribution is 0.186. The van der Waals surface area contributed by atoms with Crippen molar-refractivity contribution in [2.24, 2.45) is 5.73 Å². The summed E-state index contributed by atoms with van der Waals surface area (Å²) >= 11 is 8.87. The zero-order chi connectivity index (χ0) is 9.14. The van der Waals surface area contributed by atoms with Crippen LogP contribution in [0, 0.1) is 0 Å². The van der Waals surface area contributed by atoms with Crippen molar-refractivity contribution in [3.63, 3.8) is 0 Å². The second-order valence-corrected chi connectivity index (χ2v) is 3.52. The topological polar surface area (TPSA) is 59.1 Å². The van der Waals surface area contributed by atoms with Gasteiger partial charge in [0.1, 0.15) is 5.15 Å². The molecule has 0 fully saturated rings. The molecule has 0 bridgehead atoms. The summed E-state index contributed by atoms with van der Waals surface area (Å²) in [4.78, 5) is 3.82. The number of aliphatic hydroxyl groups excluding tert-OH is 1. The molecule has 1 heterocycles. The van der Waals surface area contributed by atoms with Gasteiger partial charge < -0.3 is 10.8 Å². The van der Waals surface area contributed by atoms with Gasteiger partial charge in [0.25, 0.3) is 0 Å². The average Bonchev–Trinajstić information content (AvgIpc) is 2.08. The Hall–Kier alpha value is -0.160. The number of nitrogens with two attached hydrogens (primary N) is 1. The summed E-state index contributed by atoms with van der Waals surface area (Å²) in [5.41, 5.74) is 5.95. The van der Waals surface area contributed by atoms with E-state index < -0.39 is 6.10 Å². The van der Waals surface area contributed by atoms with Crippen LogP contribution in [0.4, 0.5) is 0 Å². The smallest absolute Gasteiger partial charge is 0.129 e. The van der Waals surface area contributed by atoms with Gasteiger partial charge in [-0.25, -0.2) is 4.98 Å². The Kier molecular flexibility index (Phi) is 3.46. The van der Waals surface area contributed by atoms with Gasteiger partial charge in [-0.3, -0.25) is 0 Å². The third-order valence-electron chi connectivity index (χ3n) is 1.43. The van der Waals surface area contributed by atoms with Crippen LogP contribution in [0.25, 0.3) is 0 Å². The molecule has 0 saturated carbocycles. The van der Waals surface area contributed by atoms with E-state index >= 15 is 0 Å². The van der Waals surface area contributed by atoms with E-state index in [4.69, 9.17) is 17.3 Å². The summed E-state index contributed by atoms with van der Waals surface area (Å²) in [6, 6.07) is 1.59. The normalized spacial score (nSPS) is 13.0. The molecule has 5 heteroatoms. The number of nitrogens with zero attached hydrogens (tertiary/aromatic N) is 1. The summed E-state index contributed by atoms with van der Waals surface area (Å²) in [6.45, 7) is 0.166. The molecule has 12 heavy (non-hydrogen) atoms. The van der Waals surface area contributed by atoms with Gasteiger partial charge in [0.15, 0.2) is 0 Å². The molecule has 0 radical (unpaired) electrons. The minimum atomic E-state index is -0.695. The van der Waals surface area contributed by atoms with Crippen LogP contribution in [0.15, 0.2) is 16.7 Å². The van der Waals surface area contributed by atoms with Gasteiger partial charge in [0.2, 0.25) is 0 Å². The molecule has 1 aromatic heterocycles. The molecule has 0 aliphatic heterocycles. The minimum Gasteiger partial charge on any atom is -0.387 e. The zero-order valence-electron chi connectivity index (χ0n) is 6.17. The molecular weight excluding hydrogens is 243 g/mol. The molecule has 0 aliphatic rings. The van der Waals surface area contributed by atoms with E-state index in [1.165, 1.54) is 6.20 Å². The van der Waals surface area contributed by atoms with Crippen molar-refractivity contribution in [2.75, 3.05) is 6.54 Å². The molecule has 66 valence electrons. The number of rotatable bonds is 2. The van der Waals surface area contributed by atoms with Gasteiger partial charge >= 0.3 is 0 Å². The summed E-state index contributed by atoms with van der Waals surface area (Å²) in [5.74, 6) is 0. The van der Waals surface area contributed by atoms with E-state index in [-0.39, 0.29) is 6.54 Å². The number of hydrogen-bond donors (Lipinski definition) is 2. The van der Waals surface area contributed by atoms with E-state index in [9.17, 15) is 5.11 Å². The lowest BCUT2D eigenvalue weighted by Gasteiger charge is -2.09. The van der Waals surface area contributed by atoms with Crippen LogP contribution in [0.3, 0.4) is 0 Å². The molecule has 1 atom stereocenters. The number of aromatic nitrogens is 1. The Morgan fingerprint density at radius 2 is 2.42 bits per heavy atom. The molecule has 3 nitrogen and oxygen atoms in total. The van der Waals surface area contributed by atoms with Gasteiger partial charge in [0.05, 0.1) is 6.10 Å². The van der Waals surface area contributed by atoms with Crippen LogP contribution in [0.1, 0.15) is 11.7 Å². The Balaban J connectivity index is 3.04. The van der Waals surface area contributed by atoms with Crippen LogP contribution in [0.2, 0.25) is 5.15 Å². The monoisotopic (exact) mass is 250 g/mol. The Bertz CT molecular complexity index is 282. The first-order valence-corrected chi connectivity index (χ1v) is 4.51. The van der Waals surface area contributed by atoms with Crippen molar-refractivity contribution in [3.8, 4) is 0 Å². The van der Waals surface area contributed by atoms with Gasteiger partial charge in [-0.1, -0.05) is 11.6 Å². The molecular formula is C7H8BrClN2O. The van der Waals surface area contributed by atoms with Gasteiger partial charge in [-0.05, 0) is 22.0 Å². The number of halogens is 2. The minimum absolute atomic E-state index is 0.166. The van der Waals surface area contributed by atoms with Crippen LogP contribution >= 0.6 is 27.5 Å². The lowest BCUT2D eigenvalue weighted by atomic mass is 10.1. The van der Waals surface area contributed by atoms with Crippen molar-refractivity contribution in [1.82, 2.24) is 4.98 Å². The molecule has 1 rings (SSSR count). The molecule has 0 unspecified atom stereocenters. The second kappa shape index (κ2) is 4.18. The quantitative estimate of drug-likeness (QED) is 0.783. The third-order valence-corrected chi connectivity index (χ3v) is 2.30. The summed E-state index contributed by atoms with van der Waals surface area (Å²) in [5, 5.41) is 9.74. The maximum atomic E-state index is 9.39. The maximum absolute atomic E-state index is 9.39. The average molecular weight is 252 g/mol. The zero-order valence-corrected chi connectivity index (χ0v) is 8.51. The van der Waals surface area contributed by atoms with Crippen molar-refractivity contribution in [1.29, 1.82) is 0 Å². The van der Waals surface area contributed by atoms with E-state index in [0.717, 1.165) is 0 Å². The highest BCUT2D eigenvalue weighted by molar-refractivity contribution is 9.10. The van der Waals surface area contributed by atoms with Gasteiger partial charge in [0, 0.05) is 22.8 Å². The van der Waals surface area contributed by atoms with Crippen molar-refractivity contribution in [3.05, 3.63) is 27.5 Å². The lowest BCUT2D eigenvalue weighted by Crippen LogP contribution is -2.12. The SMILES string of the molecule is NC[C@H](O)c1cc(Cl)ncc1Br. The molecule has 0 spiro atoms. The summed E-state index contributed by atoms with van der Waals surface area (Å²) in [7, 11) is 0. The van der Waals surface area contributed by atoms with E-state index in [1.807, 2.05) is 0 Å². The molecule has 0 aliphatic carbocycles. The Morgan fingerprint density at radius 3 is 3.00 bits per heavy atom. The molecule has 3 N–H and O–H groups in total. The highest BCUT2D eigenvalue weighted by Gasteiger charge is 2.09. The molecule has 0 aromatic carbocycles. The largest absolute Gasteiger partial charge is 0.387 e. The van der Waals surface area contributed by atoms with Crippen LogP contribution in [0.5, 0.6) is 0 Å². The fraction of sp³-hybridized carbons (Fsp3) is 0.286. The Labute approximate surface area is 83.7 Å². The maximum Gasteiger partial charge on any atom is 0.129 e. The van der Waals surface area contributed by atoms with E-state index in [2.05, 4.69) is 20.9 Å². The van der Waals surface area contributed by atoms with Crippen molar-refractivity contribution in [2.45, 2.75) is 6.10 Å². The standard InChI is InChI=1S/C7H8BrClN2O/c8-5-3-11-7(9)1-4(5)6(12)2-10/h1,3,6,12H,2,10H2/t6-/m0/s1. The van der Waals surface area contributed by atoms with E-state index in [1.54, 1.807) is 6.07 Å². The third kappa shape index (κ3) is 2.17. The molecule has 0 amide bonds.